The van der Waals surface area contributed by atoms with Gasteiger partial charge < -0.3 is 24.2 Å². The van der Waals surface area contributed by atoms with Crippen molar-refractivity contribution in [3.05, 3.63) is 41.7 Å². The number of aryl methyl sites for hydroxylation is 1. The lowest BCUT2D eigenvalue weighted by Gasteiger charge is -2.35. The van der Waals surface area contributed by atoms with Crippen LogP contribution >= 0.6 is 0 Å². The lowest BCUT2D eigenvalue weighted by Crippen LogP contribution is -2.44. The standard InChI is InChI=1S/C22H31N3O4/c1-16-20(21(23-29-16)18-7-5-4-6-8-18)22(27)25-11-9-17(10-12-25)19(26)15-24(2)13-14-28-3/h4-8,17,19,26H,9-15H2,1-3H3. The van der Waals surface area contributed by atoms with E-state index in [1.54, 1.807) is 14.0 Å². The maximum Gasteiger partial charge on any atom is 0.259 e. The number of methoxy groups -OCH3 is 1. The number of aliphatic hydroxyl groups is 1. The monoisotopic (exact) mass is 401 g/mol. The average molecular weight is 402 g/mol. The van der Waals surface area contributed by atoms with E-state index in [9.17, 15) is 9.90 Å². The Bertz CT molecular complexity index is 785. The van der Waals surface area contributed by atoms with Crippen molar-refractivity contribution in [3.8, 4) is 11.3 Å². The maximum absolute atomic E-state index is 13.2. The highest BCUT2D eigenvalue weighted by molar-refractivity contribution is 6.00. The van der Waals surface area contributed by atoms with Gasteiger partial charge in [-0.05, 0) is 32.7 Å². The van der Waals surface area contributed by atoms with Gasteiger partial charge in [0.2, 0.25) is 0 Å². The summed E-state index contributed by atoms with van der Waals surface area (Å²) >= 11 is 0. The van der Waals surface area contributed by atoms with Crippen molar-refractivity contribution in [1.29, 1.82) is 0 Å². The lowest BCUT2D eigenvalue weighted by molar-refractivity contribution is 0.0292. The molecule has 7 heteroatoms. The Hall–Kier alpha value is -2.22. The molecule has 1 aromatic carbocycles. The van der Waals surface area contributed by atoms with Gasteiger partial charge in [0.25, 0.3) is 5.91 Å². The van der Waals surface area contributed by atoms with Crippen molar-refractivity contribution in [2.75, 3.05) is 46.9 Å². The molecule has 7 nitrogen and oxygen atoms in total. The molecule has 1 amide bonds. The Morgan fingerprint density at radius 2 is 2.03 bits per heavy atom. The molecule has 1 unspecified atom stereocenters. The van der Waals surface area contributed by atoms with Gasteiger partial charge in [-0.3, -0.25) is 4.79 Å². The molecule has 0 aliphatic carbocycles. The van der Waals surface area contributed by atoms with E-state index in [1.165, 1.54) is 0 Å². The summed E-state index contributed by atoms with van der Waals surface area (Å²) in [5, 5.41) is 14.7. The van der Waals surface area contributed by atoms with Gasteiger partial charge in [0.15, 0.2) is 0 Å². The number of likely N-dealkylation sites (N-methyl/N-ethyl adjacent to an activating group) is 1. The highest BCUT2D eigenvalue weighted by Gasteiger charge is 2.31. The van der Waals surface area contributed by atoms with Crippen LogP contribution in [0.25, 0.3) is 11.3 Å². The van der Waals surface area contributed by atoms with Crippen molar-refractivity contribution >= 4 is 5.91 Å². The summed E-state index contributed by atoms with van der Waals surface area (Å²) < 4.78 is 10.4. The topological polar surface area (TPSA) is 79.0 Å². The summed E-state index contributed by atoms with van der Waals surface area (Å²) in [4.78, 5) is 17.1. The summed E-state index contributed by atoms with van der Waals surface area (Å²) in [7, 11) is 3.66. The zero-order valence-corrected chi connectivity index (χ0v) is 17.5. The number of likely N-dealkylation sites (tertiary alicyclic amines) is 1. The normalized spacial score (nSPS) is 16.4. The van der Waals surface area contributed by atoms with Gasteiger partial charge in [-0.2, -0.15) is 0 Å². The Morgan fingerprint density at radius 3 is 2.69 bits per heavy atom. The SMILES string of the molecule is COCCN(C)CC(O)C1CCN(C(=O)c2c(-c3ccccc3)noc2C)CC1. The molecule has 1 saturated heterocycles. The highest BCUT2D eigenvalue weighted by Crippen LogP contribution is 2.29. The van der Waals surface area contributed by atoms with Crippen molar-refractivity contribution < 1.29 is 19.2 Å². The van der Waals surface area contributed by atoms with Gasteiger partial charge in [-0.25, -0.2) is 0 Å². The Kier molecular flexibility index (Phi) is 7.41. The molecule has 0 spiro atoms. The quantitative estimate of drug-likeness (QED) is 0.732. The van der Waals surface area contributed by atoms with Crippen LogP contribution in [-0.4, -0.2) is 79.0 Å². The molecule has 1 aliphatic heterocycles. The van der Waals surface area contributed by atoms with E-state index in [1.807, 2.05) is 42.3 Å². The summed E-state index contributed by atoms with van der Waals surface area (Å²) in [5.74, 6) is 0.685. The molecule has 2 aromatic rings. The first-order valence-electron chi connectivity index (χ1n) is 10.2. The molecule has 1 aliphatic rings. The minimum absolute atomic E-state index is 0.0484. The molecule has 0 bridgehead atoms. The van der Waals surface area contributed by atoms with Gasteiger partial charge in [0.1, 0.15) is 17.0 Å². The van der Waals surface area contributed by atoms with Crippen LogP contribution in [0.3, 0.4) is 0 Å². The molecule has 29 heavy (non-hydrogen) atoms. The van der Waals surface area contributed by atoms with E-state index >= 15 is 0 Å². The number of ether oxygens (including phenoxy) is 1. The van der Waals surface area contributed by atoms with Crippen LogP contribution < -0.4 is 0 Å². The summed E-state index contributed by atoms with van der Waals surface area (Å²) in [6.07, 6.45) is 1.18. The highest BCUT2D eigenvalue weighted by atomic mass is 16.5. The van der Waals surface area contributed by atoms with Gasteiger partial charge in [-0.15, -0.1) is 0 Å². The van der Waals surface area contributed by atoms with Crippen LogP contribution in [0.5, 0.6) is 0 Å². The summed E-state index contributed by atoms with van der Waals surface area (Å²) in [6.45, 7) is 5.09. The molecule has 2 heterocycles. The van der Waals surface area contributed by atoms with E-state index in [4.69, 9.17) is 9.26 Å². The number of rotatable bonds is 8. The number of hydrogen-bond acceptors (Lipinski definition) is 6. The molecule has 3 rings (SSSR count). The van der Waals surface area contributed by atoms with Gasteiger partial charge in [0, 0.05) is 38.9 Å². The van der Waals surface area contributed by atoms with Crippen molar-refractivity contribution in [2.24, 2.45) is 5.92 Å². The third kappa shape index (κ3) is 5.23. The van der Waals surface area contributed by atoms with E-state index < -0.39 is 6.10 Å². The fourth-order valence-electron chi connectivity index (χ4n) is 3.87. The molecule has 1 fully saturated rings. The smallest absolute Gasteiger partial charge is 0.259 e. The number of carbonyl (C=O) groups excluding carboxylic acids is 1. The van der Waals surface area contributed by atoms with Crippen LogP contribution in [-0.2, 0) is 4.74 Å². The minimum atomic E-state index is -0.397. The lowest BCUT2D eigenvalue weighted by atomic mass is 9.90. The average Bonchev–Trinajstić information content (AvgIpc) is 3.13. The predicted octanol–water partition coefficient (Wildman–Crippen LogP) is 2.44. The molecule has 1 aromatic heterocycles. The first-order chi connectivity index (χ1) is 14.0. The van der Waals surface area contributed by atoms with Gasteiger partial charge in [0.05, 0.1) is 12.7 Å². The summed E-state index contributed by atoms with van der Waals surface area (Å²) in [6, 6.07) is 9.63. The Balaban J connectivity index is 1.61. The summed E-state index contributed by atoms with van der Waals surface area (Å²) in [5.41, 5.74) is 2.00. The third-order valence-electron chi connectivity index (χ3n) is 5.67. The number of benzene rings is 1. The van der Waals surface area contributed by atoms with E-state index in [2.05, 4.69) is 10.1 Å². The fraction of sp³-hybridized carbons (Fsp3) is 0.545. The second-order valence-corrected chi connectivity index (χ2v) is 7.78. The number of aliphatic hydroxyl groups excluding tert-OH is 1. The second kappa shape index (κ2) is 10.0. The largest absolute Gasteiger partial charge is 0.392 e. The van der Waals surface area contributed by atoms with Gasteiger partial charge in [-0.1, -0.05) is 35.5 Å². The van der Waals surface area contributed by atoms with Crippen LogP contribution in [0.1, 0.15) is 29.0 Å². The van der Waals surface area contributed by atoms with Crippen LogP contribution in [0.2, 0.25) is 0 Å². The van der Waals surface area contributed by atoms with Crippen LogP contribution in [0.15, 0.2) is 34.9 Å². The molecule has 1 atom stereocenters. The third-order valence-corrected chi connectivity index (χ3v) is 5.67. The molecule has 0 saturated carbocycles. The van der Waals surface area contributed by atoms with Crippen LogP contribution in [0.4, 0.5) is 0 Å². The molecule has 0 radical (unpaired) electrons. The fourth-order valence-corrected chi connectivity index (χ4v) is 3.87. The number of hydrogen-bond donors (Lipinski definition) is 1. The van der Waals surface area contributed by atoms with E-state index in [-0.39, 0.29) is 11.8 Å². The molecular weight excluding hydrogens is 370 g/mol. The Labute approximate surface area is 172 Å². The minimum Gasteiger partial charge on any atom is -0.392 e. The van der Waals surface area contributed by atoms with Crippen molar-refractivity contribution in [3.63, 3.8) is 0 Å². The van der Waals surface area contributed by atoms with Crippen molar-refractivity contribution in [2.45, 2.75) is 25.9 Å². The number of nitrogens with zero attached hydrogens (tertiary/aromatic N) is 3. The van der Waals surface area contributed by atoms with Gasteiger partial charge >= 0.3 is 0 Å². The number of piperidine rings is 1. The first kappa shape index (κ1) is 21.5. The van der Waals surface area contributed by atoms with Crippen molar-refractivity contribution in [1.82, 2.24) is 15.0 Å². The zero-order chi connectivity index (χ0) is 20.8. The molecule has 1 N–H and O–H groups in total. The number of amides is 1. The molecule has 158 valence electrons. The Morgan fingerprint density at radius 1 is 1.34 bits per heavy atom. The predicted molar refractivity (Wildman–Crippen MR) is 111 cm³/mol. The number of aromatic nitrogens is 1. The van der Waals surface area contributed by atoms with Crippen LogP contribution in [0, 0.1) is 12.8 Å². The molecular formula is C22H31N3O4. The zero-order valence-electron chi connectivity index (χ0n) is 17.5. The van der Waals surface area contributed by atoms with E-state index in [0.29, 0.717) is 43.3 Å². The first-order valence-corrected chi connectivity index (χ1v) is 10.2. The maximum atomic E-state index is 13.2. The second-order valence-electron chi connectivity index (χ2n) is 7.78. The number of carbonyl (C=O) groups is 1. The van der Waals surface area contributed by atoms with E-state index in [0.717, 1.165) is 24.9 Å².